The summed E-state index contributed by atoms with van der Waals surface area (Å²) in [4.78, 5) is 18.4. The van der Waals surface area contributed by atoms with Crippen LogP contribution in [0.1, 0.15) is 43.8 Å². The van der Waals surface area contributed by atoms with Gasteiger partial charge in [0.25, 0.3) is 0 Å². The third kappa shape index (κ3) is 7.04. The summed E-state index contributed by atoms with van der Waals surface area (Å²) in [6, 6.07) is 10.0. The molecule has 1 aliphatic heterocycles. The lowest BCUT2D eigenvalue weighted by Crippen LogP contribution is -2.48. The maximum Gasteiger partial charge on any atom is 0.306 e. The van der Waals surface area contributed by atoms with Gasteiger partial charge in [0.1, 0.15) is 11.5 Å². The Labute approximate surface area is 229 Å². The molecule has 1 fully saturated rings. The zero-order valence-electron chi connectivity index (χ0n) is 22.6. The quantitative estimate of drug-likeness (QED) is 0.284. The van der Waals surface area contributed by atoms with Gasteiger partial charge in [0.15, 0.2) is 5.76 Å². The molecule has 1 saturated heterocycles. The molecule has 1 aromatic carbocycles. The van der Waals surface area contributed by atoms with Gasteiger partial charge in [-0.3, -0.25) is 9.69 Å². The Morgan fingerprint density at radius 2 is 1.97 bits per heavy atom. The van der Waals surface area contributed by atoms with Crippen LogP contribution >= 0.6 is 0 Å². The van der Waals surface area contributed by atoms with E-state index in [1.54, 1.807) is 0 Å². The van der Waals surface area contributed by atoms with E-state index in [0.29, 0.717) is 25.5 Å². The van der Waals surface area contributed by atoms with Crippen molar-refractivity contribution in [3.63, 3.8) is 0 Å². The number of carbonyl (C=O) groups is 1. The van der Waals surface area contributed by atoms with Crippen LogP contribution in [0.4, 0.5) is 0 Å². The second-order valence-corrected chi connectivity index (χ2v) is 9.96. The average molecular weight is 523 g/mol. The molecule has 7 nitrogen and oxygen atoms in total. The molecular formula is C32H34N4O3. The molecule has 0 atom stereocenters. The fourth-order valence-electron chi connectivity index (χ4n) is 4.90. The Balaban J connectivity index is 1.14. The van der Waals surface area contributed by atoms with E-state index in [4.69, 9.17) is 9.26 Å². The van der Waals surface area contributed by atoms with Gasteiger partial charge in [0.2, 0.25) is 0 Å². The van der Waals surface area contributed by atoms with Gasteiger partial charge in [-0.1, -0.05) is 47.7 Å². The average Bonchev–Trinajstić information content (AvgIpc) is 3.52. The minimum atomic E-state index is -0.0845. The van der Waals surface area contributed by atoms with Crippen LogP contribution in [0.15, 0.2) is 82.7 Å². The van der Waals surface area contributed by atoms with Gasteiger partial charge in [-0.2, -0.15) is 0 Å². The summed E-state index contributed by atoms with van der Waals surface area (Å²) in [5.74, 6) is 8.66. The summed E-state index contributed by atoms with van der Waals surface area (Å²) in [5.41, 5.74) is 5.13. The number of aromatic nitrogens is 3. The highest BCUT2D eigenvalue weighted by Gasteiger charge is 2.29. The largest absolute Gasteiger partial charge is 0.466 e. The first-order valence-electron chi connectivity index (χ1n) is 13.6. The summed E-state index contributed by atoms with van der Waals surface area (Å²) in [5, 5.41) is 4.23. The van der Waals surface area contributed by atoms with Crippen LogP contribution in [-0.2, 0) is 22.5 Å². The minimum absolute atomic E-state index is 0.0845. The molecule has 39 heavy (non-hydrogen) atoms. The van der Waals surface area contributed by atoms with E-state index in [-0.39, 0.29) is 5.97 Å². The lowest BCUT2D eigenvalue weighted by Gasteiger charge is -2.39. The van der Waals surface area contributed by atoms with Crippen molar-refractivity contribution < 1.29 is 14.1 Å². The van der Waals surface area contributed by atoms with Gasteiger partial charge in [0.05, 0.1) is 19.6 Å². The van der Waals surface area contributed by atoms with E-state index in [9.17, 15) is 4.79 Å². The highest BCUT2D eigenvalue weighted by atomic mass is 16.5. The molecule has 0 N–H and O–H groups in total. The van der Waals surface area contributed by atoms with E-state index in [1.807, 2.05) is 49.6 Å². The van der Waals surface area contributed by atoms with Crippen LogP contribution in [0.3, 0.4) is 0 Å². The number of esters is 1. The zero-order valence-corrected chi connectivity index (χ0v) is 22.6. The monoisotopic (exact) mass is 522 g/mol. The van der Waals surface area contributed by atoms with E-state index < -0.39 is 0 Å². The molecule has 0 bridgehead atoms. The summed E-state index contributed by atoms with van der Waals surface area (Å²) in [6.45, 7) is 7.86. The molecule has 2 aliphatic rings. The SMILES string of the molecule is CCOC(=O)CC1CN(CC2=CC=C(C#Cc3ccc(-c4cc(Cn5ccnc5CC)no4)cc3)C=CC2)C1. The van der Waals surface area contributed by atoms with E-state index in [2.05, 4.69) is 62.7 Å². The van der Waals surface area contributed by atoms with Crippen molar-refractivity contribution in [2.24, 2.45) is 5.92 Å². The highest BCUT2D eigenvalue weighted by Crippen LogP contribution is 2.23. The Hall–Kier alpha value is -4.15. The predicted octanol–water partition coefficient (Wildman–Crippen LogP) is 5.20. The zero-order chi connectivity index (χ0) is 27.0. The lowest BCUT2D eigenvalue weighted by molar-refractivity contribution is -0.145. The third-order valence-electron chi connectivity index (χ3n) is 6.93. The van der Waals surface area contributed by atoms with Crippen molar-refractivity contribution in [2.75, 3.05) is 26.2 Å². The fourth-order valence-corrected chi connectivity index (χ4v) is 4.90. The number of hydrogen-bond donors (Lipinski definition) is 0. The molecule has 3 heterocycles. The lowest BCUT2D eigenvalue weighted by atomic mass is 9.95. The molecule has 0 radical (unpaired) electrons. The Kier molecular flexibility index (Phi) is 8.55. The molecule has 0 spiro atoms. The second kappa shape index (κ2) is 12.6. The summed E-state index contributed by atoms with van der Waals surface area (Å²) in [6.07, 6.45) is 14.6. The number of rotatable bonds is 9. The normalized spacial score (nSPS) is 15.5. The number of ether oxygens (including phenoxy) is 1. The predicted molar refractivity (Wildman–Crippen MR) is 151 cm³/mol. The standard InChI is InChI=1S/C32H34N4O3/c1-3-31-33-16-17-36(31)23-29-19-30(39-34-29)28-14-12-25(13-15-28)9-8-24-6-5-7-26(11-10-24)20-35-21-27(22-35)18-32(37)38-4-2/h5-6,10-17,19,27H,3-4,7,18,20-23H2,1-2H3. The molecule has 1 aliphatic carbocycles. The Morgan fingerprint density at radius 3 is 2.77 bits per heavy atom. The van der Waals surface area contributed by atoms with Crippen LogP contribution in [0.2, 0.25) is 0 Å². The molecule has 200 valence electrons. The Bertz CT molecular complexity index is 1440. The minimum Gasteiger partial charge on any atom is -0.466 e. The van der Waals surface area contributed by atoms with Crippen LogP contribution in [0, 0.1) is 17.8 Å². The van der Waals surface area contributed by atoms with Gasteiger partial charge in [-0.05, 0) is 49.6 Å². The summed E-state index contributed by atoms with van der Waals surface area (Å²) < 4.78 is 12.7. The van der Waals surface area contributed by atoms with Crippen molar-refractivity contribution in [3.8, 4) is 23.2 Å². The van der Waals surface area contributed by atoms with Gasteiger partial charge in [-0.15, -0.1) is 0 Å². The molecule has 0 amide bonds. The summed E-state index contributed by atoms with van der Waals surface area (Å²) in [7, 11) is 0. The first-order chi connectivity index (χ1) is 19.1. The molecule has 3 aromatic rings. The fraction of sp³-hybridized carbons (Fsp3) is 0.344. The molecule has 7 heteroatoms. The molecule has 0 saturated carbocycles. The van der Waals surface area contributed by atoms with E-state index >= 15 is 0 Å². The number of hydrogen-bond acceptors (Lipinski definition) is 6. The number of likely N-dealkylation sites (tertiary alicyclic amines) is 1. The Morgan fingerprint density at radius 1 is 1.13 bits per heavy atom. The highest BCUT2D eigenvalue weighted by molar-refractivity contribution is 5.69. The third-order valence-corrected chi connectivity index (χ3v) is 6.93. The van der Waals surface area contributed by atoms with E-state index in [1.165, 1.54) is 5.57 Å². The molecule has 0 unspecified atom stereocenters. The number of allylic oxidation sites excluding steroid dienone is 5. The topological polar surface area (TPSA) is 73.4 Å². The number of aryl methyl sites for hydroxylation is 1. The number of benzene rings is 1. The number of nitrogens with zero attached hydrogens (tertiary/aromatic N) is 4. The van der Waals surface area contributed by atoms with Crippen molar-refractivity contribution >= 4 is 5.97 Å². The molecule has 2 aromatic heterocycles. The van der Waals surface area contributed by atoms with E-state index in [0.717, 1.165) is 66.5 Å². The van der Waals surface area contributed by atoms with Crippen molar-refractivity contribution in [3.05, 3.63) is 95.3 Å². The first kappa shape index (κ1) is 26.5. The smallest absolute Gasteiger partial charge is 0.306 e. The van der Waals surface area contributed by atoms with Crippen LogP contribution < -0.4 is 0 Å². The van der Waals surface area contributed by atoms with Gasteiger partial charge in [-0.25, -0.2) is 4.98 Å². The number of carbonyl (C=O) groups excluding carboxylic acids is 1. The maximum atomic E-state index is 11.6. The van der Waals surface area contributed by atoms with Crippen molar-refractivity contribution in [2.45, 2.75) is 39.7 Å². The molecule has 5 rings (SSSR count). The van der Waals surface area contributed by atoms with Crippen LogP contribution in [0.5, 0.6) is 0 Å². The van der Waals surface area contributed by atoms with Gasteiger partial charge >= 0.3 is 5.97 Å². The van der Waals surface area contributed by atoms with Crippen LogP contribution in [-0.4, -0.2) is 51.8 Å². The summed E-state index contributed by atoms with van der Waals surface area (Å²) >= 11 is 0. The molecular weight excluding hydrogens is 488 g/mol. The van der Waals surface area contributed by atoms with Crippen LogP contribution in [0.25, 0.3) is 11.3 Å². The van der Waals surface area contributed by atoms with Gasteiger partial charge < -0.3 is 13.8 Å². The number of imidazole rings is 1. The van der Waals surface area contributed by atoms with Crippen molar-refractivity contribution in [1.29, 1.82) is 0 Å². The van der Waals surface area contributed by atoms with Crippen molar-refractivity contribution in [1.82, 2.24) is 19.6 Å². The maximum absolute atomic E-state index is 11.6. The van der Waals surface area contributed by atoms with Gasteiger partial charge in [0, 0.05) is 61.2 Å². The first-order valence-corrected chi connectivity index (χ1v) is 13.6. The second-order valence-electron chi connectivity index (χ2n) is 9.96.